The highest BCUT2D eigenvalue weighted by Crippen LogP contribution is 2.38. The summed E-state index contributed by atoms with van der Waals surface area (Å²) in [6, 6.07) is 8.47. The van der Waals surface area contributed by atoms with Gasteiger partial charge in [0.15, 0.2) is 5.11 Å². The van der Waals surface area contributed by atoms with E-state index in [9.17, 15) is 0 Å². The minimum Gasteiger partial charge on any atom is -0.352 e. The smallest absolute Gasteiger partial charge is 0.170 e. The Morgan fingerprint density at radius 2 is 2.00 bits per heavy atom. The number of hydrogen-bond acceptors (Lipinski definition) is 3. The van der Waals surface area contributed by atoms with Gasteiger partial charge in [-0.05, 0) is 70.8 Å². The van der Waals surface area contributed by atoms with Crippen LogP contribution in [0.1, 0.15) is 44.1 Å². The Balaban J connectivity index is 1.97. The quantitative estimate of drug-likeness (QED) is 0.817. The van der Waals surface area contributed by atoms with E-state index in [-0.39, 0.29) is 17.6 Å². The Bertz CT molecular complexity index is 747. The molecule has 0 spiro atoms. The van der Waals surface area contributed by atoms with Gasteiger partial charge in [0, 0.05) is 37.2 Å². The van der Waals surface area contributed by atoms with Gasteiger partial charge in [-0.3, -0.25) is 4.98 Å². The van der Waals surface area contributed by atoms with Crippen LogP contribution in [0, 0.1) is 0 Å². The summed E-state index contributed by atoms with van der Waals surface area (Å²) < 4.78 is 2.27. The second kappa shape index (κ2) is 7.37. The zero-order chi connectivity index (χ0) is 18.9. The molecule has 0 radical (unpaired) electrons. The molecule has 1 aliphatic heterocycles. The second-order valence-electron chi connectivity index (χ2n) is 8.15. The highest BCUT2D eigenvalue weighted by atomic mass is 32.1. The van der Waals surface area contributed by atoms with Crippen LogP contribution in [0.2, 0.25) is 0 Å². The van der Waals surface area contributed by atoms with Gasteiger partial charge in [0.1, 0.15) is 0 Å². The summed E-state index contributed by atoms with van der Waals surface area (Å²) in [6.45, 7) is 8.48. The molecule has 2 aromatic rings. The summed E-state index contributed by atoms with van der Waals surface area (Å²) >= 11 is 5.69. The maximum atomic E-state index is 5.69. The van der Waals surface area contributed by atoms with Gasteiger partial charge in [-0.15, -0.1) is 0 Å². The molecule has 0 bridgehead atoms. The first-order chi connectivity index (χ1) is 12.3. The molecular weight excluding hydrogens is 342 g/mol. The molecule has 6 heteroatoms. The van der Waals surface area contributed by atoms with E-state index < -0.39 is 0 Å². The van der Waals surface area contributed by atoms with Crippen molar-refractivity contribution < 1.29 is 0 Å². The zero-order valence-corrected chi connectivity index (χ0v) is 17.1. The molecule has 1 saturated heterocycles. The van der Waals surface area contributed by atoms with Crippen molar-refractivity contribution in [3.05, 3.63) is 54.1 Å². The Morgan fingerprint density at radius 3 is 2.58 bits per heavy atom. The first-order valence-electron chi connectivity index (χ1n) is 9.08. The van der Waals surface area contributed by atoms with Crippen molar-refractivity contribution in [1.82, 2.24) is 24.7 Å². The van der Waals surface area contributed by atoms with Gasteiger partial charge in [0.05, 0.1) is 17.8 Å². The monoisotopic (exact) mass is 371 g/mol. The van der Waals surface area contributed by atoms with Gasteiger partial charge in [-0.1, -0.05) is 6.07 Å². The molecule has 3 heterocycles. The zero-order valence-electron chi connectivity index (χ0n) is 16.3. The van der Waals surface area contributed by atoms with E-state index >= 15 is 0 Å². The van der Waals surface area contributed by atoms with Crippen molar-refractivity contribution in [2.45, 2.75) is 38.4 Å². The molecule has 1 N–H and O–H groups in total. The molecule has 2 atom stereocenters. The minimum atomic E-state index is 0.0553. The van der Waals surface area contributed by atoms with E-state index in [1.807, 2.05) is 18.3 Å². The fourth-order valence-electron chi connectivity index (χ4n) is 3.32. The summed E-state index contributed by atoms with van der Waals surface area (Å²) in [5, 5.41) is 4.31. The van der Waals surface area contributed by atoms with Crippen molar-refractivity contribution in [2.75, 3.05) is 27.2 Å². The number of nitrogens with one attached hydrogen (secondary N) is 1. The molecular formula is C20H29N5S. The largest absolute Gasteiger partial charge is 0.352 e. The highest BCUT2D eigenvalue weighted by molar-refractivity contribution is 7.80. The van der Waals surface area contributed by atoms with Crippen LogP contribution in [0.5, 0.6) is 0 Å². The third-order valence-corrected chi connectivity index (χ3v) is 5.17. The Kier molecular flexibility index (Phi) is 5.34. The summed E-state index contributed by atoms with van der Waals surface area (Å²) in [4.78, 5) is 9.08. The number of likely N-dealkylation sites (N-methyl/N-ethyl adjacent to an activating group) is 1. The maximum Gasteiger partial charge on any atom is 0.170 e. The Morgan fingerprint density at radius 1 is 1.23 bits per heavy atom. The Hall–Kier alpha value is -1.92. The van der Waals surface area contributed by atoms with Crippen molar-refractivity contribution in [2.24, 2.45) is 0 Å². The average Bonchev–Trinajstić information content (AvgIpc) is 3.18. The average molecular weight is 372 g/mol. The minimum absolute atomic E-state index is 0.0553. The normalized spacial score (nSPS) is 20.7. The van der Waals surface area contributed by atoms with Gasteiger partial charge in [-0.25, -0.2) is 0 Å². The standard InChI is InChI=1S/C20H29N5S/c1-20(2,3)24-11-9-15(14-24)18-17(16-8-6-7-10-21-16)22-19(26)25(18)13-12-23(4)5/h6-11,14,17-18H,12-13H2,1-5H3,(H,22,26)/t17-,18+/m1/s1. The molecule has 1 aliphatic rings. The van der Waals surface area contributed by atoms with Crippen LogP contribution >= 0.6 is 12.2 Å². The van der Waals surface area contributed by atoms with Crippen LogP contribution in [0.4, 0.5) is 0 Å². The van der Waals surface area contributed by atoms with Gasteiger partial charge < -0.3 is 19.7 Å². The van der Waals surface area contributed by atoms with Gasteiger partial charge in [-0.2, -0.15) is 0 Å². The van der Waals surface area contributed by atoms with E-state index in [0.717, 1.165) is 23.9 Å². The fourth-order valence-corrected chi connectivity index (χ4v) is 3.65. The highest BCUT2D eigenvalue weighted by Gasteiger charge is 2.40. The summed E-state index contributed by atoms with van der Waals surface area (Å²) in [7, 11) is 4.18. The van der Waals surface area contributed by atoms with Crippen LogP contribution in [-0.2, 0) is 5.54 Å². The first-order valence-corrected chi connectivity index (χ1v) is 9.49. The SMILES string of the molecule is CN(C)CCN1C(=S)N[C@H](c2ccccn2)[C@@H]1c1ccn(C(C)(C)C)c1. The number of nitrogens with zero attached hydrogens (tertiary/aromatic N) is 4. The van der Waals surface area contributed by atoms with Gasteiger partial charge in [0.2, 0.25) is 0 Å². The molecule has 0 unspecified atom stereocenters. The first kappa shape index (κ1) is 18.9. The fraction of sp³-hybridized carbons (Fsp3) is 0.500. The van der Waals surface area contributed by atoms with Crippen LogP contribution in [-0.4, -0.2) is 51.6 Å². The van der Waals surface area contributed by atoms with E-state index in [2.05, 4.69) is 84.1 Å². The topological polar surface area (TPSA) is 36.3 Å². The number of pyridine rings is 1. The summed E-state index contributed by atoms with van der Waals surface area (Å²) in [6.07, 6.45) is 6.26. The van der Waals surface area contributed by atoms with E-state index in [0.29, 0.717) is 0 Å². The Labute approximate surface area is 162 Å². The predicted molar refractivity (Wildman–Crippen MR) is 110 cm³/mol. The van der Waals surface area contributed by atoms with Crippen LogP contribution in [0.15, 0.2) is 42.9 Å². The third kappa shape index (κ3) is 3.91. The summed E-state index contributed by atoms with van der Waals surface area (Å²) in [5.41, 5.74) is 2.34. The lowest BCUT2D eigenvalue weighted by Gasteiger charge is -2.28. The van der Waals surface area contributed by atoms with E-state index in [1.165, 1.54) is 5.56 Å². The van der Waals surface area contributed by atoms with Gasteiger partial charge >= 0.3 is 0 Å². The maximum absolute atomic E-state index is 5.69. The number of thiocarbonyl (C=S) groups is 1. The van der Waals surface area contributed by atoms with Crippen molar-refractivity contribution >= 4 is 17.3 Å². The van der Waals surface area contributed by atoms with Crippen molar-refractivity contribution in [1.29, 1.82) is 0 Å². The molecule has 2 aromatic heterocycles. The third-order valence-electron chi connectivity index (χ3n) is 4.82. The van der Waals surface area contributed by atoms with Crippen molar-refractivity contribution in [3.8, 4) is 0 Å². The number of rotatable bonds is 5. The molecule has 1 fully saturated rings. The van der Waals surface area contributed by atoms with E-state index in [1.54, 1.807) is 0 Å². The molecule has 0 saturated carbocycles. The lowest BCUT2D eigenvalue weighted by atomic mass is 9.99. The lowest BCUT2D eigenvalue weighted by Crippen LogP contribution is -2.35. The number of aromatic nitrogens is 2. The lowest BCUT2D eigenvalue weighted by molar-refractivity contribution is 0.277. The molecule has 0 amide bonds. The molecule has 140 valence electrons. The molecule has 26 heavy (non-hydrogen) atoms. The molecule has 3 rings (SSSR count). The molecule has 0 aliphatic carbocycles. The van der Waals surface area contributed by atoms with Crippen LogP contribution in [0.3, 0.4) is 0 Å². The molecule has 0 aromatic carbocycles. The van der Waals surface area contributed by atoms with Gasteiger partial charge in [0.25, 0.3) is 0 Å². The predicted octanol–water partition coefficient (Wildman–Crippen LogP) is 3.17. The van der Waals surface area contributed by atoms with Crippen LogP contribution < -0.4 is 5.32 Å². The summed E-state index contributed by atoms with van der Waals surface area (Å²) in [5.74, 6) is 0. The molecule has 5 nitrogen and oxygen atoms in total. The number of hydrogen-bond donors (Lipinski definition) is 1. The van der Waals surface area contributed by atoms with Crippen molar-refractivity contribution in [3.63, 3.8) is 0 Å². The van der Waals surface area contributed by atoms with E-state index in [4.69, 9.17) is 12.2 Å². The van der Waals surface area contributed by atoms with Crippen LogP contribution in [0.25, 0.3) is 0 Å². The second-order valence-corrected chi connectivity index (χ2v) is 8.53.